The number of ether oxygens (including phenoxy) is 1. The molecule has 29 nitrogen and oxygen atoms in total. The van der Waals surface area contributed by atoms with Crippen molar-refractivity contribution in [2.24, 2.45) is 0 Å². The van der Waals surface area contributed by atoms with Gasteiger partial charge in [-0.05, 0) is 13.3 Å². The molecule has 0 saturated carbocycles. The minimum Gasteiger partial charge on any atom is -0.481 e. The van der Waals surface area contributed by atoms with E-state index in [1.807, 2.05) is 0 Å². The summed E-state index contributed by atoms with van der Waals surface area (Å²) >= 11 is 0. The fourth-order valence-corrected chi connectivity index (χ4v) is 0.457. The molecule has 0 saturated heterocycles. The number of aliphatic hydroxyl groups is 1. The zero-order chi connectivity index (χ0) is 53.6. The minimum absolute atomic E-state index is 0.0544. The van der Waals surface area contributed by atoms with E-state index >= 15 is 0 Å². The zero-order valence-electron chi connectivity index (χ0n) is 36.2. The van der Waals surface area contributed by atoms with Crippen LogP contribution >= 0.6 is 0 Å². The van der Waals surface area contributed by atoms with E-state index < -0.39 is 77.6 Å². The van der Waals surface area contributed by atoms with Crippen molar-refractivity contribution in [3.05, 3.63) is 0 Å². The van der Waals surface area contributed by atoms with Crippen molar-refractivity contribution in [3.8, 4) is 0 Å². The van der Waals surface area contributed by atoms with Crippen LogP contribution in [0.25, 0.3) is 0 Å². The molecule has 0 bridgehead atoms. The molecule has 61 heavy (non-hydrogen) atoms. The maximum absolute atomic E-state index is 10.5. The van der Waals surface area contributed by atoms with Crippen molar-refractivity contribution >= 4 is 83.6 Å². The van der Waals surface area contributed by atoms with Gasteiger partial charge in [0.1, 0.15) is 0 Å². The van der Waals surface area contributed by atoms with Gasteiger partial charge in [-0.25, -0.2) is 0 Å². The number of carboxylic acids is 13. The summed E-state index contributed by atoms with van der Waals surface area (Å²) in [7, 11) is 0. The van der Waals surface area contributed by atoms with E-state index in [1.165, 1.54) is 0 Å². The highest BCUT2D eigenvalue weighted by Crippen LogP contribution is 1.90. The van der Waals surface area contributed by atoms with Crippen molar-refractivity contribution in [1.29, 1.82) is 0 Å². The number of esters is 1. The Morgan fingerprint density at radius 3 is 0.459 bits per heavy atom. The molecular formula is C32H64O29. The lowest BCUT2D eigenvalue weighted by Gasteiger charge is -1.97. The van der Waals surface area contributed by atoms with Crippen LogP contribution in [0.3, 0.4) is 0 Å². The number of carboxylic acid groups (broad SMARTS) is 13. The molecule has 0 heterocycles. The Bertz CT molecular complexity index is 817. The molecule has 14 N–H and O–H groups in total. The van der Waals surface area contributed by atoms with Crippen LogP contribution in [0.4, 0.5) is 0 Å². The van der Waals surface area contributed by atoms with Crippen LogP contribution in [0.2, 0.25) is 0 Å². The third kappa shape index (κ3) is 634000. The van der Waals surface area contributed by atoms with Gasteiger partial charge in [0.25, 0.3) is 77.6 Å². The molecule has 0 amide bonds. The van der Waals surface area contributed by atoms with Crippen LogP contribution in [0.15, 0.2) is 0 Å². The highest BCUT2D eigenvalue weighted by atomic mass is 16.5. The van der Waals surface area contributed by atoms with Crippen LogP contribution in [0.1, 0.15) is 110 Å². The number of carbonyl (C=O) groups excluding carboxylic acids is 1. The molecule has 0 rings (SSSR count). The Morgan fingerprint density at radius 1 is 0.295 bits per heavy atom. The van der Waals surface area contributed by atoms with Crippen molar-refractivity contribution in [1.82, 2.24) is 0 Å². The SMILES string of the molecule is CC(=O)O.CC(=O)O.CC(=O)O.CC(=O)O.CC(=O)O.CC(=O)O.CC(=O)O.CC(=O)O.CC(=O)O.CC(=O)O.CC(=O)O.CC(=O)O.CC(=O)O.CCOC(=O)CCCO. The molecule has 0 aromatic heterocycles. The monoisotopic (exact) mass is 912 g/mol. The number of aliphatic hydroxyl groups excluding tert-OH is 1. The summed E-state index contributed by atoms with van der Waals surface area (Å²) in [6.07, 6.45) is 0.823. The molecule has 0 radical (unpaired) electrons. The fourth-order valence-electron chi connectivity index (χ4n) is 0.457. The Hall–Kier alpha value is -7.46. The van der Waals surface area contributed by atoms with Crippen LogP contribution in [0.5, 0.6) is 0 Å². The molecular weight excluding hydrogens is 848 g/mol. The molecule has 0 aliphatic heterocycles. The van der Waals surface area contributed by atoms with Gasteiger partial charge in [0.2, 0.25) is 0 Å². The molecule has 0 atom stereocenters. The smallest absolute Gasteiger partial charge is 0.305 e. The fraction of sp³-hybridized carbons (Fsp3) is 0.562. The summed E-state index contributed by atoms with van der Waals surface area (Å²) in [4.78, 5) is 127. The highest BCUT2D eigenvalue weighted by molar-refractivity contribution is 5.69. The number of hydrogen-bond acceptors (Lipinski definition) is 16. The summed E-state index contributed by atoms with van der Waals surface area (Å²) < 4.78 is 4.59. The second kappa shape index (κ2) is 89.3. The van der Waals surface area contributed by atoms with E-state index in [9.17, 15) is 4.79 Å². The second-order valence-corrected chi connectivity index (χ2v) is 8.38. The second-order valence-electron chi connectivity index (χ2n) is 8.38. The van der Waals surface area contributed by atoms with Crippen molar-refractivity contribution < 1.29 is 143 Å². The van der Waals surface area contributed by atoms with Crippen LogP contribution in [0, 0.1) is 0 Å². The van der Waals surface area contributed by atoms with E-state index in [-0.39, 0.29) is 12.6 Å². The lowest BCUT2D eigenvalue weighted by Crippen LogP contribution is -2.03. The van der Waals surface area contributed by atoms with Gasteiger partial charge < -0.3 is 76.2 Å². The molecule has 366 valence electrons. The zero-order valence-corrected chi connectivity index (χ0v) is 36.2. The van der Waals surface area contributed by atoms with Gasteiger partial charge >= 0.3 is 5.97 Å². The van der Waals surface area contributed by atoms with Crippen molar-refractivity contribution in [2.75, 3.05) is 13.2 Å². The molecule has 0 aromatic rings. The molecule has 0 aliphatic rings. The van der Waals surface area contributed by atoms with Crippen LogP contribution in [-0.4, -0.2) is 168 Å². The summed E-state index contributed by atoms with van der Waals surface area (Å²) in [5, 5.41) is 105. The largest absolute Gasteiger partial charge is 0.481 e. The highest BCUT2D eigenvalue weighted by Gasteiger charge is 1.98. The maximum Gasteiger partial charge on any atom is 0.305 e. The van der Waals surface area contributed by atoms with E-state index in [0.29, 0.717) is 19.4 Å². The first-order valence-electron chi connectivity index (χ1n) is 15.1. The summed E-state index contributed by atoms with van der Waals surface area (Å²) in [5.74, 6) is -11.1. The third-order valence-electron chi connectivity index (χ3n) is 0.844. The van der Waals surface area contributed by atoms with E-state index in [1.54, 1.807) is 6.92 Å². The number of carbonyl (C=O) groups is 14. The number of hydrogen-bond donors (Lipinski definition) is 14. The van der Waals surface area contributed by atoms with Crippen molar-refractivity contribution in [3.63, 3.8) is 0 Å². The normalized spacial score (nSPS) is 6.67. The molecule has 0 fully saturated rings. The van der Waals surface area contributed by atoms with E-state index in [4.69, 9.17) is 134 Å². The first-order chi connectivity index (χ1) is 26.8. The molecule has 29 heteroatoms. The molecule has 0 unspecified atom stereocenters. The maximum atomic E-state index is 10.5. The molecule has 0 aromatic carbocycles. The minimum atomic E-state index is -0.833. The summed E-state index contributed by atoms with van der Waals surface area (Å²) in [5.41, 5.74) is 0. The topological polar surface area (TPSA) is 531 Å². The number of aliphatic carboxylic acids is 13. The quantitative estimate of drug-likeness (QED) is 0.178. The molecule has 0 spiro atoms. The van der Waals surface area contributed by atoms with Gasteiger partial charge in [-0.15, -0.1) is 0 Å². The van der Waals surface area contributed by atoms with E-state index in [2.05, 4.69) is 4.74 Å². The lowest BCUT2D eigenvalue weighted by atomic mass is 10.3. The predicted molar refractivity (Wildman–Crippen MR) is 206 cm³/mol. The van der Waals surface area contributed by atoms with Gasteiger partial charge in [-0.2, -0.15) is 0 Å². The Kier molecular flexibility index (Phi) is 138. The standard InChI is InChI=1S/C6H12O3.13C2H4O2/c1-2-9-6(8)4-3-5-7;13*1-2(3)4/h7H,2-5H2,1H3;13*1H3,(H,3,4). The van der Waals surface area contributed by atoms with Gasteiger partial charge in [0.15, 0.2) is 0 Å². The predicted octanol–water partition coefficient (Wildman–Crippen LogP) is 1.50. The average Bonchev–Trinajstić information content (AvgIpc) is 2.88. The van der Waals surface area contributed by atoms with Crippen LogP contribution in [-0.2, 0) is 71.9 Å². The summed E-state index contributed by atoms with van der Waals surface area (Å²) in [6.45, 7) is 16.3. The Labute approximate surface area is 350 Å². The number of rotatable bonds is 4. The van der Waals surface area contributed by atoms with Gasteiger partial charge in [0, 0.05) is 103 Å². The van der Waals surface area contributed by atoms with E-state index in [0.717, 1.165) is 90.0 Å². The first-order valence-corrected chi connectivity index (χ1v) is 15.1. The van der Waals surface area contributed by atoms with Crippen LogP contribution < -0.4 is 0 Å². The Balaban J connectivity index is -0.0000000328. The molecule has 0 aliphatic carbocycles. The Morgan fingerprint density at radius 2 is 0.393 bits per heavy atom. The van der Waals surface area contributed by atoms with Gasteiger partial charge in [-0.3, -0.25) is 67.1 Å². The average molecular weight is 913 g/mol. The summed E-state index contributed by atoms with van der Waals surface area (Å²) in [6, 6.07) is 0. The first kappa shape index (κ1) is 94.5. The third-order valence-corrected chi connectivity index (χ3v) is 0.844. The van der Waals surface area contributed by atoms with Gasteiger partial charge in [0.05, 0.1) is 6.61 Å². The lowest BCUT2D eigenvalue weighted by molar-refractivity contribution is -0.143. The van der Waals surface area contributed by atoms with Crippen molar-refractivity contribution in [2.45, 2.75) is 110 Å². The van der Waals surface area contributed by atoms with Gasteiger partial charge in [-0.1, -0.05) is 0 Å².